The quantitative estimate of drug-likeness (QED) is 0.0181. The lowest BCUT2D eigenvalue weighted by Crippen LogP contribution is -2.60. The number of nitrogens with two attached hydrogens (primary N) is 3. The van der Waals surface area contributed by atoms with Crippen molar-refractivity contribution in [2.24, 2.45) is 28.1 Å². The molecule has 394 valence electrons. The van der Waals surface area contributed by atoms with Crippen LogP contribution < -0.4 is 65.1 Å². The molecule has 0 aromatic carbocycles. The zero-order chi connectivity index (χ0) is 53.2. The number of aromatic nitrogens is 2. The number of aliphatic imine (C=N–C) groups is 1. The van der Waals surface area contributed by atoms with E-state index in [1.807, 2.05) is 0 Å². The molecule has 29 nitrogen and oxygen atoms in total. The predicted molar refractivity (Wildman–Crippen MR) is 251 cm³/mol. The number of nitrogens with zero attached hydrogens (tertiary/aromatic N) is 2. The molecule has 0 bridgehead atoms. The van der Waals surface area contributed by atoms with Gasteiger partial charge in [0.25, 0.3) is 0 Å². The van der Waals surface area contributed by atoms with Crippen molar-refractivity contribution in [3.63, 3.8) is 0 Å². The van der Waals surface area contributed by atoms with E-state index in [-0.39, 0.29) is 38.2 Å². The first-order valence-corrected chi connectivity index (χ1v) is 23.4. The summed E-state index contributed by atoms with van der Waals surface area (Å²) < 4.78 is 0. The predicted octanol–water partition coefficient (Wildman–Crippen LogP) is -7.77. The maximum absolute atomic E-state index is 13.7. The zero-order valence-electron chi connectivity index (χ0n) is 39.8. The van der Waals surface area contributed by atoms with E-state index in [1.165, 1.54) is 45.1 Å². The number of imidazole rings is 1. The number of carboxylic acid groups (broad SMARTS) is 1. The van der Waals surface area contributed by atoms with Crippen molar-refractivity contribution in [2.75, 3.05) is 38.3 Å². The Balaban J connectivity index is 3.05. The number of thioether (sulfide) groups is 1. The highest BCUT2D eigenvalue weighted by Crippen LogP contribution is 2.08. The van der Waals surface area contributed by atoms with Crippen molar-refractivity contribution in [1.29, 1.82) is 0 Å². The Hall–Kier alpha value is -6.63. The normalized spacial score (nSPS) is 15.3. The molecule has 0 spiro atoms. The maximum atomic E-state index is 13.7. The Bertz CT molecular complexity index is 1950. The van der Waals surface area contributed by atoms with Gasteiger partial charge in [0.1, 0.15) is 54.4 Å². The van der Waals surface area contributed by atoms with E-state index in [0.717, 1.165) is 0 Å². The van der Waals surface area contributed by atoms with Gasteiger partial charge < -0.3 is 90.5 Å². The molecule has 30 heteroatoms. The fraction of sp³-hybridized carbons (Fsp3) is 0.650. The van der Waals surface area contributed by atoms with Crippen molar-refractivity contribution < 1.29 is 68.4 Å². The van der Waals surface area contributed by atoms with E-state index in [9.17, 15) is 68.4 Å². The van der Waals surface area contributed by atoms with Crippen molar-refractivity contribution in [1.82, 2.24) is 57.8 Å². The van der Waals surface area contributed by atoms with E-state index in [1.54, 1.807) is 20.1 Å². The maximum Gasteiger partial charge on any atom is 0.326 e. The molecule has 70 heavy (non-hydrogen) atoms. The molecule has 20 N–H and O–H groups in total. The number of nitrogens with one attached hydrogen (secondary N) is 10. The standard InChI is InChI=1S/C40H69N15O14S/c1-18(2)30(55-28(59)14-46-33(62)26(15-56)53-32(61)20(4)48-31(60)19(3)49-37(66)29(41)21(5)58)38(67)51-23(8-7-10-45-40(42)43)34(63)54-27(16-57)36(65)50-24(9-11-70-6)35(64)52-25(39(68)69)12-22-13-44-17-47-22/h13,17-21,23-27,29-30,56-58H,7-12,14-16,41H2,1-6H3,(H,44,47)(H,46,62)(H,48,60)(H,49,66)(H,50,65)(H,51,67)(H,52,64)(H,53,61)(H,54,63)(H,55,59)(H,68,69)(H4,42,43,45)/t19-,20-,21+,23-,24-,25-,26-,27-,29-,30-/m0/s1. The van der Waals surface area contributed by atoms with Gasteiger partial charge in [0.15, 0.2) is 5.96 Å². The lowest BCUT2D eigenvalue weighted by atomic mass is 10.0. The Morgan fingerprint density at radius 3 is 1.70 bits per heavy atom. The molecule has 1 aromatic heterocycles. The van der Waals surface area contributed by atoms with Crippen molar-refractivity contribution in [3.05, 3.63) is 18.2 Å². The summed E-state index contributed by atoms with van der Waals surface area (Å²) >= 11 is 1.33. The number of guanidine groups is 1. The molecule has 1 rings (SSSR count). The van der Waals surface area contributed by atoms with Crippen LogP contribution in [-0.4, -0.2) is 194 Å². The Labute approximate surface area is 407 Å². The fourth-order valence-electron chi connectivity index (χ4n) is 5.90. The summed E-state index contributed by atoms with van der Waals surface area (Å²) in [5.74, 6) is -10.2. The number of aliphatic carboxylic acids is 1. The molecule has 0 radical (unpaired) electrons. The lowest BCUT2D eigenvalue weighted by Gasteiger charge is -2.27. The minimum absolute atomic E-state index is 0.00270. The monoisotopic (exact) mass is 1020 g/mol. The van der Waals surface area contributed by atoms with Crippen LogP contribution in [0.25, 0.3) is 0 Å². The van der Waals surface area contributed by atoms with Crippen LogP contribution in [-0.2, 0) is 54.4 Å². The van der Waals surface area contributed by atoms with E-state index < -0.39 is 145 Å². The third-order valence-corrected chi connectivity index (χ3v) is 10.7. The second kappa shape index (κ2) is 31.5. The molecule has 9 amide bonds. The average molecular weight is 1020 g/mol. The van der Waals surface area contributed by atoms with Gasteiger partial charge in [-0.1, -0.05) is 13.8 Å². The summed E-state index contributed by atoms with van der Waals surface area (Å²) in [6, 6.07) is -12.6. The van der Waals surface area contributed by atoms with Crippen LogP contribution in [0.1, 0.15) is 59.6 Å². The molecule has 0 aliphatic heterocycles. The van der Waals surface area contributed by atoms with Crippen LogP contribution in [0.5, 0.6) is 0 Å². The Morgan fingerprint density at radius 2 is 1.19 bits per heavy atom. The summed E-state index contributed by atoms with van der Waals surface area (Å²) in [4.78, 5) is 140. The second-order valence-electron chi connectivity index (χ2n) is 16.3. The minimum Gasteiger partial charge on any atom is -0.480 e. The molecule has 1 aromatic rings. The van der Waals surface area contributed by atoms with E-state index in [4.69, 9.17) is 17.2 Å². The van der Waals surface area contributed by atoms with Gasteiger partial charge in [0.05, 0.1) is 32.2 Å². The molecule has 10 atom stereocenters. The van der Waals surface area contributed by atoms with E-state index >= 15 is 0 Å². The van der Waals surface area contributed by atoms with Gasteiger partial charge in [-0.3, -0.25) is 48.1 Å². The molecule has 0 saturated carbocycles. The zero-order valence-corrected chi connectivity index (χ0v) is 40.6. The highest BCUT2D eigenvalue weighted by molar-refractivity contribution is 7.98. The highest BCUT2D eigenvalue weighted by atomic mass is 32.2. The molecule has 1 heterocycles. The number of aromatic amines is 1. The smallest absolute Gasteiger partial charge is 0.326 e. The van der Waals surface area contributed by atoms with Crippen molar-refractivity contribution in [3.8, 4) is 0 Å². The first-order valence-electron chi connectivity index (χ1n) is 22.0. The van der Waals surface area contributed by atoms with Crippen LogP contribution in [0, 0.1) is 5.92 Å². The van der Waals surface area contributed by atoms with Crippen LogP contribution in [0.3, 0.4) is 0 Å². The SMILES string of the molecule is CSCC[C@H](NC(=O)[C@H](CO)NC(=O)[C@H](CCCN=C(N)N)NC(=O)[C@@H](NC(=O)CNC(=O)[C@H](CO)NC(=O)[C@H](C)NC(=O)[C@H](C)NC(=O)[C@@H](N)[C@@H](C)O)C(C)C)C(=O)N[C@@H](Cc1cnc[nH]1)C(=O)O. The molecular weight excluding hydrogens is 947 g/mol. The Morgan fingerprint density at radius 1 is 0.686 bits per heavy atom. The van der Waals surface area contributed by atoms with Crippen molar-refractivity contribution >= 4 is 76.9 Å². The summed E-state index contributed by atoms with van der Waals surface area (Å²) in [6.45, 7) is 4.24. The second-order valence-corrected chi connectivity index (χ2v) is 17.2. The molecule has 0 saturated heterocycles. The number of aliphatic hydroxyl groups excluding tert-OH is 3. The van der Waals surface area contributed by atoms with Crippen LogP contribution in [0.4, 0.5) is 0 Å². The average Bonchev–Trinajstić information content (AvgIpc) is 3.82. The number of carboxylic acids is 1. The minimum atomic E-state index is -1.68. The van der Waals surface area contributed by atoms with Crippen LogP contribution in [0.15, 0.2) is 17.5 Å². The molecule has 0 fully saturated rings. The molecule has 0 unspecified atom stereocenters. The number of aliphatic hydroxyl groups is 3. The van der Waals surface area contributed by atoms with E-state index in [2.05, 4.69) is 62.8 Å². The number of amides is 9. The lowest BCUT2D eigenvalue weighted by molar-refractivity contribution is -0.142. The summed E-state index contributed by atoms with van der Waals surface area (Å²) in [5.41, 5.74) is 16.8. The molecular formula is C40H69N15O14S. The summed E-state index contributed by atoms with van der Waals surface area (Å²) in [5, 5.41) is 60.4. The summed E-state index contributed by atoms with van der Waals surface area (Å²) in [6.07, 6.45) is 3.09. The topological polar surface area (TPSA) is 479 Å². The van der Waals surface area contributed by atoms with Crippen LogP contribution in [0.2, 0.25) is 0 Å². The third kappa shape index (κ3) is 22.2. The van der Waals surface area contributed by atoms with Gasteiger partial charge in [-0.25, -0.2) is 9.78 Å². The van der Waals surface area contributed by atoms with Gasteiger partial charge >= 0.3 is 5.97 Å². The Kier molecular flexibility index (Phi) is 27.6. The first kappa shape index (κ1) is 61.4. The van der Waals surface area contributed by atoms with Gasteiger partial charge in [0.2, 0.25) is 53.2 Å². The molecule has 0 aliphatic carbocycles. The van der Waals surface area contributed by atoms with Gasteiger partial charge in [-0.2, -0.15) is 11.8 Å². The van der Waals surface area contributed by atoms with Gasteiger partial charge in [-0.15, -0.1) is 0 Å². The number of carbonyl (C=O) groups is 10. The number of rotatable bonds is 32. The fourth-order valence-corrected chi connectivity index (χ4v) is 6.38. The number of carbonyl (C=O) groups excluding carboxylic acids is 9. The number of H-pyrrole nitrogens is 1. The van der Waals surface area contributed by atoms with Gasteiger partial charge in [0, 0.05) is 24.9 Å². The largest absolute Gasteiger partial charge is 0.480 e. The van der Waals surface area contributed by atoms with Crippen LogP contribution >= 0.6 is 11.8 Å². The molecule has 0 aliphatic rings. The van der Waals surface area contributed by atoms with E-state index in [0.29, 0.717) is 11.4 Å². The first-order chi connectivity index (χ1) is 32.9. The third-order valence-electron chi connectivity index (χ3n) is 10.1. The number of hydrogen-bond acceptors (Lipinski definition) is 17. The summed E-state index contributed by atoms with van der Waals surface area (Å²) in [7, 11) is 0. The number of hydrogen-bond donors (Lipinski definition) is 17. The highest BCUT2D eigenvalue weighted by Gasteiger charge is 2.34. The van der Waals surface area contributed by atoms with Gasteiger partial charge in [-0.05, 0) is 58.0 Å². The van der Waals surface area contributed by atoms with Crippen molar-refractivity contribution in [2.45, 2.75) is 121 Å².